The molecule has 19 heavy (non-hydrogen) atoms. The Hall–Kier alpha value is -0.400. The maximum absolute atomic E-state index is 12.8. The molecule has 2 N–H and O–H groups in total. The van der Waals surface area contributed by atoms with Crippen LogP contribution in [0.2, 0.25) is 0 Å². The monoisotopic (exact) mass is 297 g/mol. The number of hydrogen-bond donors (Lipinski definition) is 1. The summed E-state index contributed by atoms with van der Waals surface area (Å²) in [5, 5.41) is 0. The first-order valence-corrected chi connectivity index (χ1v) is 6.91. The topological polar surface area (TPSA) is 32.5 Å². The van der Waals surface area contributed by atoms with Crippen LogP contribution in [0, 0.1) is 11.8 Å². The minimum atomic E-state index is -4.35. The van der Waals surface area contributed by atoms with Crippen LogP contribution in [0.1, 0.15) is 13.8 Å². The van der Waals surface area contributed by atoms with Crippen molar-refractivity contribution in [3.63, 3.8) is 0 Å². The van der Waals surface area contributed by atoms with Gasteiger partial charge in [0, 0.05) is 39.3 Å². The van der Waals surface area contributed by atoms with Gasteiger partial charge in [-0.2, -0.15) is 13.2 Å². The minimum Gasteiger partial charge on any atom is -0.393 e. The first-order chi connectivity index (χ1) is 8.70. The van der Waals surface area contributed by atoms with Gasteiger partial charge in [-0.05, 0) is 5.92 Å². The van der Waals surface area contributed by atoms with Gasteiger partial charge < -0.3 is 10.6 Å². The van der Waals surface area contributed by atoms with Crippen LogP contribution in [0.25, 0.3) is 0 Å². The second-order valence-electron chi connectivity index (χ2n) is 5.49. The van der Waals surface area contributed by atoms with E-state index in [9.17, 15) is 13.2 Å². The number of halogens is 3. The van der Waals surface area contributed by atoms with Gasteiger partial charge in [-0.25, -0.2) is 0 Å². The molecule has 0 aromatic carbocycles. The van der Waals surface area contributed by atoms with Crippen molar-refractivity contribution in [3.8, 4) is 0 Å². The summed E-state index contributed by atoms with van der Waals surface area (Å²) in [6.07, 6.45) is -4.35. The first kappa shape index (κ1) is 16.7. The van der Waals surface area contributed by atoms with Crippen LogP contribution in [-0.2, 0) is 0 Å². The number of nitrogens with zero attached hydrogens (tertiary/aromatic N) is 2. The van der Waals surface area contributed by atoms with Crippen LogP contribution in [0.4, 0.5) is 13.2 Å². The van der Waals surface area contributed by atoms with Gasteiger partial charge in [0.2, 0.25) is 0 Å². The Labute approximate surface area is 117 Å². The fourth-order valence-electron chi connectivity index (χ4n) is 2.28. The Morgan fingerprint density at radius 2 is 1.53 bits per heavy atom. The summed E-state index contributed by atoms with van der Waals surface area (Å²) < 4.78 is 38.3. The van der Waals surface area contributed by atoms with Crippen LogP contribution in [0.15, 0.2) is 0 Å². The van der Waals surface area contributed by atoms with Gasteiger partial charge in [0.15, 0.2) is 0 Å². The van der Waals surface area contributed by atoms with Crippen LogP contribution in [0.5, 0.6) is 0 Å². The van der Waals surface area contributed by atoms with Gasteiger partial charge in [-0.15, -0.1) is 0 Å². The third-order valence-electron chi connectivity index (χ3n) is 3.27. The summed E-state index contributed by atoms with van der Waals surface area (Å²) in [5.41, 5.74) is 5.21. The molecule has 0 spiro atoms. The van der Waals surface area contributed by atoms with Gasteiger partial charge in [0.05, 0.1) is 4.99 Å². The first-order valence-electron chi connectivity index (χ1n) is 6.51. The normalized spacial score (nSPS) is 20.7. The van der Waals surface area contributed by atoms with E-state index >= 15 is 0 Å². The third kappa shape index (κ3) is 5.62. The summed E-state index contributed by atoms with van der Waals surface area (Å²) in [6, 6.07) is 0. The summed E-state index contributed by atoms with van der Waals surface area (Å²) in [5.74, 6) is -1.12. The Kier molecular flexibility index (Phi) is 6.01. The maximum Gasteiger partial charge on any atom is 0.399 e. The Morgan fingerprint density at radius 1 is 1.11 bits per heavy atom. The molecule has 0 aromatic heterocycles. The molecule has 1 atom stereocenters. The Bertz CT molecular complexity index is 299. The SMILES string of the molecule is CC(C)CN1CCN(CC(C(N)=S)C(F)(F)F)CC1. The zero-order valence-electron chi connectivity index (χ0n) is 11.4. The molecule has 0 bridgehead atoms. The summed E-state index contributed by atoms with van der Waals surface area (Å²) >= 11 is 4.53. The zero-order valence-corrected chi connectivity index (χ0v) is 12.2. The van der Waals surface area contributed by atoms with Crippen molar-refractivity contribution in [2.45, 2.75) is 20.0 Å². The van der Waals surface area contributed by atoms with Gasteiger partial charge in [0.25, 0.3) is 0 Å². The van der Waals surface area contributed by atoms with Gasteiger partial charge >= 0.3 is 6.18 Å². The second-order valence-corrected chi connectivity index (χ2v) is 5.96. The molecule has 0 saturated carbocycles. The molecular weight excluding hydrogens is 275 g/mol. The summed E-state index contributed by atoms with van der Waals surface area (Å²) in [6.45, 7) is 8.04. The summed E-state index contributed by atoms with van der Waals surface area (Å²) in [4.78, 5) is 3.62. The second kappa shape index (κ2) is 6.85. The highest BCUT2D eigenvalue weighted by atomic mass is 32.1. The highest BCUT2D eigenvalue weighted by Gasteiger charge is 2.42. The van der Waals surface area contributed by atoms with Crippen LogP contribution in [-0.4, -0.2) is 60.2 Å². The van der Waals surface area contributed by atoms with Crippen molar-refractivity contribution in [2.75, 3.05) is 39.3 Å². The molecule has 1 unspecified atom stereocenters. The van der Waals surface area contributed by atoms with E-state index in [4.69, 9.17) is 5.73 Å². The maximum atomic E-state index is 12.8. The molecule has 1 rings (SSSR count). The van der Waals surface area contributed by atoms with Crippen LogP contribution < -0.4 is 5.73 Å². The van der Waals surface area contributed by atoms with Crippen LogP contribution in [0.3, 0.4) is 0 Å². The average molecular weight is 297 g/mol. The zero-order chi connectivity index (χ0) is 14.6. The van der Waals surface area contributed by atoms with Crippen molar-refractivity contribution in [3.05, 3.63) is 0 Å². The number of rotatable bonds is 5. The number of piperazine rings is 1. The lowest BCUT2D eigenvalue weighted by molar-refractivity contribution is -0.160. The number of hydrogen-bond acceptors (Lipinski definition) is 3. The highest BCUT2D eigenvalue weighted by Crippen LogP contribution is 2.27. The van der Waals surface area contributed by atoms with Gasteiger partial charge in [-0.1, -0.05) is 26.1 Å². The van der Waals surface area contributed by atoms with E-state index in [1.165, 1.54) is 0 Å². The molecule has 1 aliphatic heterocycles. The number of alkyl halides is 3. The molecule has 1 fully saturated rings. The quantitative estimate of drug-likeness (QED) is 0.783. The lowest BCUT2D eigenvalue weighted by Crippen LogP contribution is -2.51. The van der Waals surface area contributed by atoms with E-state index in [1.54, 1.807) is 4.90 Å². The molecular formula is C12H22F3N3S. The van der Waals surface area contributed by atoms with E-state index in [1.807, 2.05) is 0 Å². The smallest absolute Gasteiger partial charge is 0.393 e. The molecule has 1 aliphatic rings. The van der Waals surface area contributed by atoms with E-state index < -0.39 is 17.1 Å². The van der Waals surface area contributed by atoms with Crippen molar-refractivity contribution in [1.29, 1.82) is 0 Å². The predicted molar refractivity (Wildman–Crippen MR) is 74.0 cm³/mol. The van der Waals surface area contributed by atoms with E-state index in [-0.39, 0.29) is 6.54 Å². The van der Waals surface area contributed by atoms with E-state index in [0.29, 0.717) is 19.0 Å². The minimum absolute atomic E-state index is 0.117. The van der Waals surface area contributed by atoms with Gasteiger partial charge in [-0.3, -0.25) is 4.90 Å². The molecule has 0 radical (unpaired) electrons. The molecule has 7 heteroatoms. The highest BCUT2D eigenvalue weighted by molar-refractivity contribution is 7.80. The predicted octanol–water partition coefficient (Wildman–Crippen LogP) is 1.72. The van der Waals surface area contributed by atoms with E-state index in [2.05, 4.69) is 31.0 Å². The lowest BCUT2D eigenvalue weighted by atomic mass is 10.1. The fourth-order valence-corrected chi connectivity index (χ4v) is 2.49. The Morgan fingerprint density at radius 3 is 1.84 bits per heavy atom. The number of nitrogens with two attached hydrogens (primary N) is 1. The largest absolute Gasteiger partial charge is 0.399 e. The standard InChI is InChI=1S/C12H22F3N3S/c1-9(2)7-17-3-5-18(6-4-17)8-10(11(16)19)12(13,14)15/h9-10H,3-8H2,1-2H3,(H2,16,19). The Balaban J connectivity index is 2.45. The molecule has 0 aromatic rings. The van der Waals surface area contributed by atoms with E-state index in [0.717, 1.165) is 19.6 Å². The van der Waals surface area contributed by atoms with Crippen molar-refractivity contribution >= 4 is 17.2 Å². The molecule has 1 heterocycles. The molecule has 0 amide bonds. The summed E-state index contributed by atoms with van der Waals surface area (Å²) in [7, 11) is 0. The molecule has 112 valence electrons. The van der Waals surface area contributed by atoms with Gasteiger partial charge in [0.1, 0.15) is 5.92 Å². The fraction of sp³-hybridized carbons (Fsp3) is 0.917. The van der Waals surface area contributed by atoms with Crippen molar-refractivity contribution in [2.24, 2.45) is 17.6 Å². The number of thiocarbonyl (C=S) groups is 1. The average Bonchev–Trinajstić information content (AvgIpc) is 2.25. The third-order valence-corrected chi connectivity index (χ3v) is 3.55. The lowest BCUT2D eigenvalue weighted by Gasteiger charge is -2.37. The van der Waals surface area contributed by atoms with Crippen molar-refractivity contribution < 1.29 is 13.2 Å². The molecule has 0 aliphatic carbocycles. The molecule has 1 saturated heterocycles. The van der Waals surface area contributed by atoms with Crippen LogP contribution >= 0.6 is 12.2 Å². The molecule has 3 nitrogen and oxygen atoms in total. The van der Waals surface area contributed by atoms with Crippen molar-refractivity contribution in [1.82, 2.24) is 9.80 Å².